The number of amidine groups is 1. The number of hydrazine groups is 1. The Morgan fingerprint density at radius 3 is 2.06 bits per heavy atom. The molecular weight excluding hydrogens is 412 g/mol. The fourth-order valence-electron chi connectivity index (χ4n) is 3.82. The molecule has 0 atom stereocenters. The molecule has 168 valence electrons. The molecule has 0 radical (unpaired) electrons. The Kier molecular flexibility index (Phi) is 8.89. The molecule has 0 aromatic heterocycles. The molecule has 0 saturated carbocycles. The Morgan fingerprint density at radius 1 is 1.03 bits per heavy atom. The lowest BCUT2D eigenvalue weighted by atomic mass is 10.0. The first kappa shape index (κ1) is 24.7. The van der Waals surface area contributed by atoms with Gasteiger partial charge in [0.25, 0.3) is 5.91 Å². The molecule has 0 bridgehead atoms. The summed E-state index contributed by atoms with van der Waals surface area (Å²) in [5.41, 5.74) is 3.45. The third kappa shape index (κ3) is 6.45. The average molecular weight is 445 g/mol. The summed E-state index contributed by atoms with van der Waals surface area (Å²) in [5.74, 6) is 7.51. The Labute approximate surface area is 191 Å². The van der Waals surface area contributed by atoms with Crippen LogP contribution in [0, 0.1) is 0 Å². The van der Waals surface area contributed by atoms with E-state index in [9.17, 15) is 4.79 Å². The van der Waals surface area contributed by atoms with Crippen molar-refractivity contribution >= 4 is 24.1 Å². The van der Waals surface area contributed by atoms with E-state index < -0.39 is 0 Å². The fraction of sp³-hybridized carbons (Fsp3) is 0.417. The van der Waals surface area contributed by atoms with Crippen LogP contribution in [0.25, 0.3) is 0 Å². The zero-order valence-electron chi connectivity index (χ0n) is 18.7. The average Bonchev–Trinajstić information content (AvgIpc) is 3.13. The third-order valence-corrected chi connectivity index (χ3v) is 5.18. The van der Waals surface area contributed by atoms with Gasteiger partial charge in [0.05, 0.1) is 13.1 Å². The topological polar surface area (TPSA) is 71.2 Å². The van der Waals surface area contributed by atoms with Crippen molar-refractivity contribution in [3.8, 4) is 5.75 Å². The SMILES string of the molecule is CC(C)N(C(=O)COc1ccc(Cc2ccc(C3=NCCN3N)cc2)cc1)C(C)C.Cl. The number of hydrogen-bond acceptors (Lipinski definition) is 5. The number of carbonyl (C=O) groups is 1. The van der Waals surface area contributed by atoms with Crippen LogP contribution in [-0.4, -0.2) is 53.4 Å². The van der Waals surface area contributed by atoms with E-state index in [1.54, 1.807) is 5.01 Å². The van der Waals surface area contributed by atoms with Gasteiger partial charge in [0.15, 0.2) is 6.61 Å². The minimum Gasteiger partial charge on any atom is -0.484 e. The summed E-state index contributed by atoms with van der Waals surface area (Å²) in [4.78, 5) is 18.7. The van der Waals surface area contributed by atoms with Crippen LogP contribution >= 0.6 is 12.4 Å². The normalized spacial score (nSPS) is 13.3. The number of aliphatic imine (C=N–C) groups is 1. The molecule has 0 saturated heterocycles. The van der Waals surface area contributed by atoms with E-state index in [0.717, 1.165) is 30.9 Å². The lowest BCUT2D eigenvalue weighted by Gasteiger charge is -2.30. The molecule has 7 heteroatoms. The van der Waals surface area contributed by atoms with Crippen molar-refractivity contribution in [1.82, 2.24) is 9.91 Å². The Morgan fingerprint density at radius 2 is 1.58 bits per heavy atom. The van der Waals surface area contributed by atoms with Crippen molar-refractivity contribution in [1.29, 1.82) is 0 Å². The fourth-order valence-corrected chi connectivity index (χ4v) is 3.82. The van der Waals surface area contributed by atoms with Crippen molar-refractivity contribution in [2.24, 2.45) is 10.8 Å². The summed E-state index contributed by atoms with van der Waals surface area (Å²) < 4.78 is 5.72. The molecule has 1 aliphatic heterocycles. The molecule has 1 heterocycles. The zero-order valence-corrected chi connectivity index (χ0v) is 19.6. The first-order valence-corrected chi connectivity index (χ1v) is 10.5. The maximum Gasteiger partial charge on any atom is 0.260 e. The van der Waals surface area contributed by atoms with Crippen LogP contribution < -0.4 is 10.6 Å². The highest BCUT2D eigenvalue weighted by Gasteiger charge is 2.20. The van der Waals surface area contributed by atoms with Gasteiger partial charge in [-0.2, -0.15) is 0 Å². The summed E-state index contributed by atoms with van der Waals surface area (Å²) in [6, 6.07) is 16.6. The monoisotopic (exact) mass is 444 g/mol. The summed E-state index contributed by atoms with van der Waals surface area (Å²) >= 11 is 0. The van der Waals surface area contributed by atoms with Gasteiger partial charge < -0.3 is 9.64 Å². The molecular formula is C24H33ClN4O2. The molecule has 3 rings (SSSR count). The summed E-state index contributed by atoms with van der Waals surface area (Å²) in [5, 5.41) is 1.69. The molecule has 0 spiro atoms. The molecule has 1 amide bonds. The number of hydrogen-bond donors (Lipinski definition) is 1. The van der Waals surface area contributed by atoms with Crippen molar-refractivity contribution < 1.29 is 9.53 Å². The Hall–Kier alpha value is -2.57. The van der Waals surface area contributed by atoms with Crippen molar-refractivity contribution in [3.05, 3.63) is 65.2 Å². The number of carbonyl (C=O) groups excluding carboxylic acids is 1. The molecule has 0 unspecified atom stereocenters. The Bertz CT molecular complexity index is 871. The zero-order chi connectivity index (χ0) is 21.7. The molecule has 0 aliphatic carbocycles. The Balaban J connectivity index is 0.00000341. The summed E-state index contributed by atoms with van der Waals surface area (Å²) in [6.45, 7) is 9.65. The number of nitrogens with zero attached hydrogens (tertiary/aromatic N) is 3. The van der Waals surface area contributed by atoms with Gasteiger partial charge in [0.2, 0.25) is 0 Å². The van der Waals surface area contributed by atoms with Crippen molar-refractivity contribution in [2.75, 3.05) is 19.7 Å². The van der Waals surface area contributed by atoms with E-state index in [0.29, 0.717) is 5.75 Å². The van der Waals surface area contributed by atoms with E-state index in [-0.39, 0.29) is 37.0 Å². The van der Waals surface area contributed by atoms with Crippen LogP contribution in [0.3, 0.4) is 0 Å². The van der Waals surface area contributed by atoms with Crippen LogP contribution in [0.1, 0.15) is 44.4 Å². The number of halogens is 1. The number of ether oxygens (including phenoxy) is 1. The minimum atomic E-state index is 0. The number of benzene rings is 2. The van der Waals surface area contributed by atoms with Gasteiger partial charge in [-0.05, 0) is 57.4 Å². The molecule has 0 fully saturated rings. The van der Waals surface area contributed by atoms with Gasteiger partial charge in [-0.15, -0.1) is 12.4 Å². The van der Waals surface area contributed by atoms with Gasteiger partial charge in [0.1, 0.15) is 11.6 Å². The van der Waals surface area contributed by atoms with E-state index in [4.69, 9.17) is 10.6 Å². The van der Waals surface area contributed by atoms with Gasteiger partial charge in [-0.3, -0.25) is 14.8 Å². The number of rotatable bonds is 8. The second-order valence-electron chi connectivity index (χ2n) is 8.19. The molecule has 6 nitrogen and oxygen atoms in total. The van der Waals surface area contributed by atoms with Gasteiger partial charge >= 0.3 is 0 Å². The smallest absolute Gasteiger partial charge is 0.260 e. The predicted molar refractivity (Wildman–Crippen MR) is 128 cm³/mol. The van der Waals surface area contributed by atoms with Gasteiger partial charge in [-0.25, -0.2) is 5.84 Å². The maximum absolute atomic E-state index is 12.4. The van der Waals surface area contributed by atoms with E-state index >= 15 is 0 Å². The number of nitrogens with two attached hydrogens (primary N) is 1. The molecule has 31 heavy (non-hydrogen) atoms. The van der Waals surface area contributed by atoms with E-state index in [2.05, 4.69) is 29.3 Å². The molecule has 2 N–H and O–H groups in total. The largest absolute Gasteiger partial charge is 0.484 e. The number of amides is 1. The highest BCUT2D eigenvalue weighted by atomic mass is 35.5. The molecule has 1 aliphatic rings. The van der Waals surface area contributed by atoms with Gasteiger partial charge in [0, 0.05) is 17.6 Å². The van der Waals surface area contributed by atoms with Crippen LogP contribution in [0.15, 0.2) is 53.5 Å². The van der Waals surface area contributed by atoms with E-state index in [1.807, 2.05) is 56.9 Å². The van der Waals surface area contributed by atoms with Crippen LogP contribution in [-0.2, 0) is 11.2 Å². The first-order valence-electron chi connectivity index (χ1n) is 10.5. The maximum atomic E-state index is 12.4. The van der Waals surface area contributed by atoms with Gasteiger partial charge in [-0.1, -0.05) is 36.4 Å². The van der Waals surface area contributed by atoms with Crippen LogP contribution in [0.4, 0.5) is 0 Å². The highest BCUT2D eigenvalue weighted by Crippen LogP contribution is 2.17. The first-order chi connectivity index (χ1) is 14.3. The van der Waals surface area contributed by atoms with Crippen molar-refractivity contribution in [3.63, 3.8) is 0 Å². The lowest BCUT2D eigenvalue weighted by Crippen LogP contribution is -2.44. The second-order valence-corrected chi connectivity index (χ2v) is 8.19. The highest BCUT2D eigenvalue weighted by molar-refractivity contribution is 5.99. The standard InChI is InChI=1S/C24H32N4O2.ClH/c1-17(2)28(18(3)4)23(29)16-30-22-11-7-20(8-12-22)15-19-5-9-21(10-6-19)24-26-13-14-27(24)25;/h5-12,17-18H,13-16,25H2,1-4H3;1H. The quantitative estimate of drug-likeness (QED) is 0.631. The van der Waals surface area contributed by atoms with E-state index in [1.165, 1.54) is 11.1 Å². The third-order valence-electron chi connectivity index (χ3n) is 5.18. The molecule has 2 aromatic rings. The van der Waals surface area contributed by atoms with Crippen molar-refractivity contribution in [2.45, 2.75) is 46.2 Å². The van der Waals surface area contributed by atoms with Crippen LogP contribution in [0.2, 0.25) is 0 Å². The summed E-state index contributed by atoms with van der Waals surface area (Å²) in [7, 11) is 0. The van der Waals surface area contributed by atoms with Crippen LogP contribution in [0.5, 0.6) is 5.75 Å². The molecule has 2 aromatic carbocycles. The predicted octanol–water partition coefficient (Wildman–Crippen LogP) is 3.66. The summed E-state index contributed by atoms with van der Waals surface area (Å²) in [6.07, 6.45) is 0.826. The second kappa shape index (κ2) is 11.2. The lowest BCUT2D eigenvalue weighted by molar-refractivity contribution is -0.136. The minimum absolute atomic E-state index is 0.